The molecule has 3 heterocycles. The lowest BCUT2D eigenvalue weighted by molar-refractivity contribution is 0.670. The van der Waals surface area contributed by atoms with Gasteiger partial charge in [0, 0.05) is 60.3 Å². The Morgan fingerprint density at radius 3 is 1.41 bits per heavy atom. The maximum atomic E-state index is 9.85. The second kappa shape index (κ2) is 17.7. The van der Waals surface area contributed by atoms with E-state index in [9.17, 15) is 11.0 Å². The predicted octanol–water partition coefficient (Wildman–Crippen LogP) is 16.2. The Bertz CT molecular complexity index is 5070. The lowest BCUT2D eigenvalue weighted by atomic mass is 9.95. The van der Waals surface area contributed by atoms with Crippen LogP contribution in [0.3, 0.4) is 0 Å². The fraction of sp³-hybridized carbons (Fsp3) is 0. The van der Waals surface area contributed by atoms with Gasteiger partial charge in [0.25, 0.3) is 0 Å². The number of fused-ring (bicyclic) bond motifs is 9. The molecule has 3 nitrogen and oxygen atoms in total. The highest BCUT2D eigenvalue weighted by Gasteiger charge is 2.42. The molecular formula is C72H48N2OSi. The topological polar surface area (TPSA) is 23.0 Å². The Morgan fingerprint density at radius 2 is 0.803 bits per heavy atom. The zero-order valence-electron chi connectivity index (χ0n) is 50.7. The Morgan fingerprint density at radius 1 is 0.329 bits per heavy atom. The summed E-state index contributed by atoms with van der Waals surface area (Å²) in [5, 5.41) is 9.29. The molecule has 3 aromatic heterocycles. The van der Waals surface area contributed by atoms with Gasteiger partial charge < -0.3 is 13.6 Å². The van der Waals surface area contributed by atoms with Crippen molar-refractivity contribution in [2.24, 2.45) is 0 Å². The van der Waals surface area contributed by atoms with Crippen molar-refractivity contribution in [3.05, 3.63) is 291 Å². The van der Waals surface area contributed by atoms with Crippen molar-refractivity contribution in [2.45, 2.75) is 0 Å². The Labute approximate surface area is 455 Å². The number of nitrogens with zero attached hydrogens (tertiary/aromatic N) is 2. The van der Waals surface area contributed by atoms with Gasteiger partial charge in [-0.15, -0.1) is 0 Å². The second-order valence-corrected chi connectivity index (χ2v) is 23.0. The number of para-hydroxylation sites is 5. The maximum absolute atomic E-state index is 9.85. The van der Waals surface area contributed by atoms with E-state index in [-0.39, 0.29) is 27.9 Å². The molecule has 0 amide bonds. The van der Waals surface area contributed by atoms with Gasteiger partial charge in [0.05, 0.1) is 41.5 Å². The molecule has 15 rings (SSSR count). The molecule has 0 saturated carbocycles. The summed E-state index contributed by atoms with van der Waals surface area (Å²) in [5.41, 5.74) is 8.03. The molecule has 12 aromatic carbocycles. The summed E-state index contributed by atoms with van der Waals surface area (Å²) in [6.45, 7) is 0. The highest BCUT2D eigenvalue weighted by atomic mass is 28.3. The van der Waals surface area contributed by atoms with E-state index in [1.165, 1.54) is 0 Å². The summed E-state index contributed by atoms with van der Waals surface area (Å²) in [5.74, 6) is 0. The lowest BCUT2D eigenvalue weighted by Gasteiger charge is -2.36. The predicted molar refractivity (Wildman–Crippen MR) is 322 cm³/mol. The average Bonchev–Trinajstić information content (AvgIpc) is 1.25. The molecule has 15 aromatic rings. The summed E-state index contributed by atoms with van der Waals surface area (Å²) in [6, 6.07) is 72.1. The zero-order valence-corrected chi connectivity index (χ0v) is 41.7. The van der Waals surface area contributed by atoms with E-state index in [0.29, 0.717) is 16.2 Å². The van der Waals surface area contributed by atoms with Crippen LogP contribution in [-0.2, 0) is 0 Å². The van der Waals surface area contributed by atoms with Crippen LogP contribution in [0.4, 0.5) is 0 Å². The summed E-state index contributed by atoms with van der Waals surface area (Å²) in [7, 11) is -3.65. The molecule has 0 aliphatic heterocycles. The smallest absolute Gasteiger partial charge is 0.179 e. The van der Waals surface area contributed by atoms with Gasteiger partial charge in [0.15, 0.2) is 8.07 Å². The van der Waals surface area contributed by atoms with Crippen LogP contribution in [-0.4, -0.2) is 17.2 Å². The highest BCUT2D eigenvalue weighted by Crippen LogP contribution is 2.45. The molecule has 0 aliphatic carbocycles. The minimum absolute atomic E-state index is 0.113. The van der Waals surface area contributed by atoms with Gasteiger partial charge in [-0.3, -0.25) is 0 Å². The number of aromatic nitrogens is 2. The fourth-order valence-corrected chi connectivity index (χ4v) is 16.9. The SMILES string of the molecule is [2H]c1c([2H])c([2H])c(-c2cc([Si](c3ccccc3)(c3ccccc3)c3ccccc3)cc(-c3c([2H])c([2H])c([2H])c([2H])c3[2H])c2-n2c3ccccc3c3cc(-n4c5ccccc5c5cccc(-c6cccc7c6oc6ccccc67)c54)ccc32)c([2H])c1[2H]. The Hall–Kier alpha value is -9.74. The van der Waals surface area contributed by atoms with Crippen LogP contribution >= 0.6 is 0 Å². The number of hydrogen-bond acceptors (Lipinski definition) is 1. The largest absolute Gasteiger partial charge is 0.455 e. The van der Waals surface area contributed by atoms with Crippen LogP contribution in [0.5, 0.6) is 0 Å². The van der Waals surface area contributed by atoms with Crippen LogP contribution in [0.15, 0.2) is 295 Å². The van der Waals surface area contributed by atoms with Crippen LogP contribution in [0.2, 0.25) is 0 Å². The van der Waals surface area contributed by atoms with Gasteiger partial charge in [-0.2, -0.15) is 0 Å². The zero-order chi connectivity index (χ0) is 58.9. The molecule has 0 aliphatic rings. The summed E-state index contributed by atoms with van der Waals surface area (Å²) >= 11 is 0. The number of rotatable bonds is 9. The first kappa shape index (κ1) is 34.6. The van der Waals surface area contributed by atoms with Crippen molar-refractivity contribution in [3.8, 4) is 44.8 Å². The van der Waals surface area contributed by atoms with Crippen molar-refractivity contribution >= 4 is 94.4 Å². The third kappa shape index (κ3) is 6.68. The molecule has 4 heteroatoms. The molecule has 0 spiro atoms. The van der Waals surface area contributed by atoms with Crippen LogP contribution < -0.4 is 20.7 Å². The standard InChI is InChI=1S/C72H48N2OSi/c1-6-24-49(25-7-1)63-47-55(76(52-28-10-3-11-29-52,53-30-12-4-13-31-53)54-32-14-5-15-33-54)48-64(50-26-8-2-9-27-50)71(63)74-67-42-20-17-35-57(67)65-46-51(44-45-68(65)74)73-66-41-19-16-34-56(66)59-37-22-38-60(70(59)73)62-40-23-39-61-58-36-18-21-43-69(58)75-72(61)62/h1-48H/i1D,2D,6D,7D,8D,9D,24D,25D,26D,27D. The third-order valence-corrected chi connectivity index (χ3v) is 20.0. The van der Waals surface area contributed by atoms with Crippen molar-refractivity contribution in [1.29, 1.82) is 0 Å². The molecule has 0 atom stereocenters. The Kier molecular flexibility index (Phi) is 8.08. The first-order valence-corrected chi connectivity index (χ1v) is 27.3. The number of benzene rings is 12. The van der Waals surface area contributed by atoms with E-state index in [4.69, 9.17) is 7.16 Å². The fourth-order valence-electron chi connectivity index (χ4n) is 12.1. The molecule has 76 heavy (non-hydrogen) atoms. The molecule has 0 N–H and O–H groups in total. The van der Waals surface area contributed by atoms with E-state index >= 15 is 0 Å². The van der Waals surface area contributed by atoms with Gasteiger partial charge in [0.1, 0.15) is 11.2 Å². The van der Waals surface area contributed by atoms with Crippen molar-refractivity contribution in [2.75, 3.05) is 0 Å². The van der Waals surface area contributed by atoms with Gasteiger partial charge in [-0.05, 0) is 68.3 Å². The monoisotopic (exact) mass is 994 g/mol. The summed E-state index contributed by atoms with van der Waals surface area (Å²) in [4.78, 5) is 0. The van der Waals surface area contributed by atoms with E-state index in [1.54, 1.807) is 0 Å². The maximum Gasteiger partial charge on any atom is 0.179 e. The first-order chi connectivity index (χ1) is 41.9. The lowest BCUT2D eigenvalue weighted by Crippen LogP contribution is -2.74. The molecule has 0 saturated heterocycles. The molecule has 356 valence electrons. The van der Waals surface area contributed by atoms with Crippen LogP contribution in [0.1, 0.15) is 13.7 Å². The minimum Gasteiger partial charge on any atom is -0.455 e. The highest BCUT2D eigenvalue weighted by molar-refractivity contribution is 7.20. The molecule has 0 fully saturated rings. The second-order valence-electron chi connectivity index (χ2n) is 19.2. The van der Waals surface area contributed by atoms with Crippen LogP contribution in [0.25, 0.3) is 110 Å². The quantitative estimate of drug-likeness (QED) is 0.104. The average molecular weight is 995 g/mol. The van der Waals surface area contributed by atoms with E-state index in [0.717, 1.165) is 86.9 Å². The summed E-state index contributed by atoms with van der Waals surface area (Å²) in [6.07, 6.45) is 0. The molecular weight excluding hydrogens is 937 g/mol. The summed E-state index contributed by atoms with van der Waals surface area (Å²) < 4.78 is 105. The number of furan rings is 1. The third-order valence-electron chi connectivity index (χ3n) is 15.2. The van der Waals surface area contributed by atoms with Gasteiger partial charge in [-0.1, -0.05) is 255 Å². The van der Waals surface area contributed by atoms with Gasteiger partial charge in [-0.25, -0.2) is 0 Å². The number of hydrogen-bond donors (Lipinski definition) is 0. The van der Waals surface area contributed by atoms with Crippen molar-refractivity contribution in [1.82, 2.24) is 9.13 Å². The van der Waals surface area contributed by atoms with E-state index in [2.05, 4.69) is 108 Å². The molecule has 0 bridgehead atoms. The molecule has 0 radical (unpaired) electrons. The van der Waals surface area contributed by atoms with Crippen molar-refractivity contribution in [3.63, 3.8) is 0 Å². The van der Waals surface area contributed by atoms with Gasteiger partial charge >= 0.3 is 0 Å². The van der Waals surface area contributed by atoms with Gasteiger partial charge in [0.2, 0.25) is 0 Å². The first-order valence-electron chi connectivity index (χ1n) is 30.3. The minimum atomic E-state index is -3.65. The van der Waals surface area contributed by atoms with E-state index < -0.39 is 68.5 Å². The van der Waals surface area contributed by atoms with E-state index in [1.807, 2.05) is 132 Å². The normalized spacial score (nSPS) is 13.8. The molecule has 0 unspecified atom stereocenters. The Balaban J connectivity index is 1.11. The van der Waals surface area contributed by atoms with Crippen LogP contribution in [0, 0.1) is 0 Å². The van der Waals surface area contributed by atoms with Crippen molar-refractivity contribution < 1.29 is 18.1 Å².